The van der Waals surface area contributed by atoms with Crippen LogP contribution in [-0.2, 0) is 16.1 Å². The molecule has 33 heavy (non-hydrogen) atoms. The third kappa shape index (κ3) is 20.4. The lowest BCUT2D eigenvalue weighted by atomic mass is 10.0. The van der Waals surface area contributed by atoms with E-state index in [4.69, 9.17) is 4.74 Å². The summed E-state index contributed by atoms with van der Waals surface area (Å²) < 4.78 is 5.26. The monoisotopic (exact) mass is 455 g/mol. The van der Waals surface area contributed by atoms with Crippen LogP contribution >= 0.6 is 0 Å². The summed E-state index contributed by atoms with van der Waals surface area (Å²) in [5.41, 5.74) is 0.928. The lowest BCUT2D eigenvalue weighted by Crippen LogP contribution is -2.04. The van der Waals surface area contributed by atoms with E-state index in [0.717, 1.165) is 31.2 Å². The topological polar surface area (TPSA) is 39.2 Å². The predicted octanol–water partition coefficient (Wildman–Crippen LogP) is 9.28. The normalized spacial score (nSPS) is 11.5. The van der Waals surface area contributed by atoms with E-state index in [0.29, 0.717) is 13.0 Å². The van der Waals surface area contributed by atoms with Crippen molar-refractivity contribution in [2.45, 2.75) is 129 Å². The summed E-state index contributed by atoms with van der Waals surface area (Å²) in [6.45, 7) is 2.60. The summed E-state index contributed by atoms with van der Waals surface area (Å²) in [7, 11) is 0. The molecule has 1 aromatic heterocycles. The van der Waals surface area contributed by atoms with Crippen LogP contribution in [0.1, 0.15) is 128 Å². The number of esters is 1. The molecule has 0 saturated carbocycles. The maximum Gasteiger partial charge on any atom is 0.306 e. The van der Waals surface area contributed by atoms with E-state index in [-0.39, 0.29) is 5.97 Å². The van der Waals surface area contributed by atoms with Crippen molar-refractivity contribution in [2.24, 2.45) is 0 Å². The first kappa shape index (κ1) is 29.1. The summed E-state index contributed by atoms with van der Waals surface area (Å²) in [6.07, 6.45) is 35.2. The summed E-state index contributed by atoms with van der Waals surface area (Å²) >= 11 is 0. The maximum atomic E-state index is 11.7. The van der Waals surface area contributed by atoms with Crippen molar-refractivity contribution < 1.29 is 9.53 Å². The molecule has 0 aliphatic rings. The summed E-state index contributed by atoms with van der Waals surface area (Å²) in [6, 6.07) is 3.76. The number of ether oxygens (including phenoxy) is 1. The summed E-state index contributed by atoms with van der Waals surface area (Å²) in [4.78, 5) is 15.8. The van der Waals surface area contributed by atoms with Crippen LogP contribution in [0.25, 0.3) is 0 Å². The van der Waals surface area contributed by atoms with Gasteiger partial charge in [0.25, 0.3) is 0 Å². The Labute approximate surface area is 204 Å². The van der Waals surface area contributed by atoms with E-state index in [1.807, 2.05) is 12.1 Å². The maximum absolute atomic E-state index is 11.7. The fraction of sp³-hybridized carbons (Fsp3) is 0.667. The Hall–Kier alpha value is -1.90. The number of unbranched alkanes of at least 4 members (excludes halogenated alkanes) is 14. The summed E-state index contributed by atoms with van der Waals surface area (Å²) in [5.74, 6) is -0.131. The molecule has 0 atom stereocenters. The first-order chi connectivity index (χ1) is 16.3. The number of allylic oxidation sites excluding steroid dienone is 4. The Morgan fingerprint density at radius 2 is 1.30 bits per heavy atom. The molecule has 0 aliphatic heterocycles. The molecule has 3 nitrogen and oxygen atoms in total. The standard InChI is InChI=1S/C30H49NO2/c1-2-3-4-5-6-7-8-9-10-11-12-13-14-15-16-17-18-19-20-21-22-25-30(32)33-28-29-24-23-26-31-27-29/h15-16,19-20,23-24,26-27H,2-14,17-18,21-22,25,28H2,1H3/b16-15-,20-19-. The molecule has 0 bridgehead atoms. The first-order valence-corrected chi connectivity index (χ1v) is 13.7. The number of carbonyl (C=O) groups excluding carboxylic acids is 1. The molecule has 0 aliphatic carbocycles. The fourth-order valence-corrected chi connectivity index (χ4v) is 3.85. The van der Waals surface area contributed by atoms with Crippen LogP contribution in [0.15, 0.2) is 48.8 Å². The zero-order valence-electron chi connectivity index (χ0n) is 21.3. The molecular weight excluding hydrogens is 406 g/mol. The number of hydrogen-bond acceptors (Lipinski definition) is 3. The molecule has 0 aromatic carbocycles. The highest BCUT2D eigenvalue weighted by atomic mass is 16.5. The van der Waals surface area contributed by atoms with Crippen molar-refractivity contribution in [3.05, 3.63) is 54.4 Å². The highest BCUT2D eigenvalue weighted by Gasteiger charge is 2.02. The van der Waals surface area contributed by atoms with Crippen molar-refractivity contribution in [3.63, 3.8) is 0 Å². The molecule has 0 unspecified atom stereocenters. The average molecular weight is 456 g/mol. The average Bonchev–Trinajstić information content (AvgIpc) is 2.84. The van der Waals surface area contributed by atoms with Gasteiger partial charge in [0, 0.05) is 24.4 Å². The zero-order chi connectivity index (χ0) is 23.7. The van der Waals surface area contributed by atoms with Gasteiger partial charge in [-0.1, -0.05) is 108 Å². The van der Waals surface area contributed by atoms with Crippen LogP contribution in [0.5, 0.6) is 0 Å². The molecule has 0 amide bonds. The minimum absolute atomic E-state index is 0.131. The lowest BCUT2D eigenvalue weighted by Gasteiger charge is -2.03. The van der Waals surface area contributed by atoms with Gasteiger partial charge >= 0.3 is 5.97 Å². The van der Waals surface area contributed by atoms with Crippen LogP contribution in [0.3, 0.4) is 0 Å². The lowest BCUT2D eigenvalue weighted by molar-refractivity contribution is -0.145. The number of carbonyl (C=O) groups is 1. The molecule has 1 heterocycles. The Morgan fingerprint density at radius 3 is 1.88 bits per heavy atom. The third-order valence-corrected chi connectivity index (χ3v) is 5.93. The van der Waals surface area contributed by atoms with E-state index < -0.39 is 0 Å². The van der Waals surface area contributed by atoms with E-state index >= 15 is 0 Å². The first-order valence-electron chi connectivity index (χ1n) is 13.7. The van der Waals surface area contributed by atoms with E-state index in [1.165, 1.54) is 83.5 Å². The Balaban J connectivity index is 1.79. The molecule has 186 valence electrons. The second kappa shape index (κ2) is 23.3. The van der Waals surface area contributed by atoms with Gasteiger partial charge in [0.15, 0.2) is 0 Å². The Kier molecular flexibility index (Phi) is 20.5. The second-order valence-electron chi connectivity index (χ2n) is 9.11. The van der Waals surface area contributed by atoms with Crippen molar-refractivity contribution >= 4 is 5.97 Å². The smallest absolute Gasteiger partial charge is 0.306 e. The van der Waals surface area contributed by atoms with Gasteiger partial charge in [0.1, 0.15) is 6.61 Å². The van der Waals surface area contributed by atoms with Crippen LogP contribution < -0.4 is 0 Å². The predicted molar refractivity (Wildman–Crippen MR) is 141 cm³/mol. The van der Waals surface area contributed by atoms with Gasteiger partial charge in [-0.3, -0.25) is 9.78 Å². The van der Waals surface area contributed by atoms with Crippen LogP contribution in [0, 0.1) is 0 Å². The largest absolute Gasteiger partial charge is 0.461 e. The molecule has 1 rings (SSSR count). The molecule has 0 fully saturated rings. The molecule has 1 aromatic rings. The minimum Gasteiger partial charge on any atom is -0.461 e. The summed E-state index contributed by atoms with van der Waals surface area (Å²) in [5, 5.41) is 0. The third-order valence-electron chi connectivity index (χ3n) is 5.93. The van der Waals surface area contributed by atoms with Gasteiger partial charge in [-0.05, 0) is 44.6 Å². The van der Waals surface area contributed by atoms with E-state index in [1.54, 1.807) is 12.4 Å². The van der Waals surface area contributed by atoms with Gasteiger partial charge in [-0.15, -0.1) is 0 Å². The van der Waals surface area contributed by atoms with Gasteiger partial charge in [0.2, 0.25) is 0 Å². The quantitative estimate of drug-likeness (QED) is 0.0993. The van der Waals surface area contributed by atoms with Crippen molar-refractivity contribution in [2.75, 3.05) is 0 Å². The molecule has 0 N–H and O–H groups in total. The molecular formula is C30H49NO2. The van der Waals surface area contributed by atoms with E-state index in [2.05, 4.69) is 36.2 Å². The molecule has 0 spiro atoms. The van der Waals surface area contributed by atoms with Crippen molar-refractivity contribution in [1.29, 1.82) is 0 Å². The zero-order valence-corrected chi connectivity index (χ0v) is 21.3. The number of nitrogens with zero attached hydrogens (tertiary/aromatic N) is 1. The van der Waals surface area contributed by atoms with Gasteiger partial charge in [-0.25, -0.2) is 0 Å². The minimum atomic E-state index is -0.131. The number of aromatic nitrogens is 1. The van der Waals surface area contributed by atoms with Crippen molar-refractivity contribution in [1.82, 2.24) is 4.98 Å². The van der Waals surface area contributed by atoms with Crippen LogP contribution in [-0.4, -0.2) is 11.0 Å². The molecule has 0 saturated heterocycles. The number of pyridine rings is 1. The van der Waals surface area contributed by atoms with Crippen molar-refractivity contribution in [3.8, 4) is 0 Å². The number of hydrogen-bond donors (Lipinski definition) is 0. The Morgan fingerprint density at radius 1 is 0.758 bits per heavy atom. The highest BCUT2D eigenvalue weighted by Crippen LogP contribution is 2.12. The molecule has 0 radical (unpaired) electrons. The second-order valence-corrected chi connectivity index (χ2v) is 9.11. The van der Waals surface area contributed by atoms with E-state index in [9.17, 15) is 4.79 Å². The highest BCUT2D eigenvalue weighted by molar-refractivity contribution is 5.69. The molecule has 3 heteroatoms. The van der Waals surface area contributed by atoms with Crippen LogP contribution in [0.2, 0.25) is 0 Å². The fourth-order valence-electron chi connectivity index (χ4n) is 3.85. The number of rotatable bonds is 22. The van der Waals surface area contributed by atoms with Gasteiger partial charge in [0.05, 0.1) is 0 Å². The van der Waals surface area contributed by atoms with Gasteiger partial charge in [-0.2, -0.15) is 0 Å². The van der Waals surface area contributed by atoms with Gasteiger partial charge < -0.3 is 4.74 Å². The van der Waals surface area contributed by atoms with Crippen LogP contribution in [0.4, 0.5) is 0 Å². The Bertz CT molecular complexity index is 609. The SMILES string of the molecule is CCCCCCCCCCCCCC/C=C\CC/C=C\CCCC(=O)OCc1cccnc1.